The number of rotatable bonds is 4. The van der Waals surface area contributed by atoms with Crippen LogP contribution in [0.3, 0.4) is 0 Å². The first-order chi connectivity index (χ1) is 8.02. The maximum Gasteiger partial charge on any atom is 0.242 e. The average molecular weight is 241 g/mol. The van der Waals surface area contributed by atoms with Crippen LogP contribution < -0.4 is 11.1 Å². The predicted molar refractivity (Wildman–Crippen MR) is 66.2 cm³/mol. The molecule has 0 aliphatic carbocycles. The molecule has 5 nitrogen and oxygen atoms in total. The summed E-state index contributed by atoms with van der Waals surface area (Å²) in [7, 11) is 1.60. The molecule has 1 aliphatic rings. The first kappa shape index (κ1) is 14.0. The van der Waals surface area contributed by atoms with Crippen LogP contribution in [0.5, 0.6) is 0 Å². The normalized spacial score (nSPS) is 21.7. The quantitative estimate of drug-likeness (QED) is 0.725. The summed E-state index contributed by atoms with van der Waals surface area (Å²) in [6, 6.07) is -0.305. The fourth-order valence-corrected chi connectivity index (χ4v) is 2.34. The van der Waals surface area contributed by atoms with Crippen molar-refractivity contribution in [2.24, 2.45) is 17.6 Å². The van der Waals surface area contributed by atoms with Crippen LogP contribution in [-0.4, -0.2) is 42.9 Å². The molecule has 2 atom stereocenters. The Morgan fingerprint density at radius 3 is 2.59 bits per heavy atom. The Bertz CT molecular complexity index is 291. The summed E-state index contributed by atoms with van der Waals surface area (Å²) in [4.78, 5) is 25.7. The zero-order valence-electron chi connectivity index (χ0n) is 10.9. The van der Waals surface area contributed by atoms with E-state index in [0.717, 1.165) is 12.8 Å². The van der Waals surface area contributed by atoms with Crippen LogP contribution in [0.1, 0.15) is 26.7 Å². The number of nitrogens with one attached hydrogen (secondary N) is 1. The minimum Gasteiger partial charge on any atom is -0.357 e. The van der Waals surface area contributed by atoms with Crippen LogP contribution in [0.4, 0.5) is 0 Å². The van der Waals surface area contributed by atoms with Gasteiger partial charge in [-0.15, -0.1) is 0 Å². The molecule has 0 aromatic heterocycles. The summed E-state index contributed by atoms with van der Waals surface area (Å²) < 4.78 is 0. The largest absolute Gasteiger partial charge is 0.357 e. The van der Waals surface area contributed by atoms with Gasteiger partial charge in [0.1, 0.15) is 6.04 Å². The number of nitrogens with two attached hydrogens (primary N) is 1. The topological polar surface area (TPSA) is 75.4 Å². The Morgan fingerprint density at radius 1 is 1.47 bits per heavy atom. The zero-order chi connectivity index (χ0) is 13.0. The smallest absolute Gasteiger partial charge is 0.242 e. The molecule has 1 aliphatic heterocycles. The number of hydrogen-bond acceptors (Lipinski definition) is 3. The standard InChI is InChI=1S/C12H23N3O2/c1-8(2)9(7-13)12(17)15-6-4-5-10(15)11(16)14-3/h8-10H,4-7,13H2,1-3H3,(H,14,16)/t9-,10-/m0/s1. The lowest BCUT2D eigenvalue weighted by Crippen LogP contribution is -2.49. The number of carbonyl (C=O) groups excluding carboxylic acids is 2. The minimum atomic E-state index is -0.305. The second kappa shape index (κ2) is 6.00. The molecule has 17 heavy (non-hydrogen) atoms. The van der Waals surface area contributed by atoms with Crippen molar-refractivity contribution in [3.8, 4) is 0 Å². The lowest BCUT2D eigenvalue weighted by molar-refractivity contribution is -0.142. The molecule has 1 saturated heterocycles. The summed E-state index contributed by atoms with van der Waals surface area (Å²) in [6.45, 7) is 4.98. The molecule has 0 bridgehead atoms. The van der Waals surface area contributed by atoms with Crippen molar-refractivity contribution in [1.82, 2.24) is 10.2 Å². The molecule has 1 heterocycles. The van der Waals surface area contributed by atoms with Crippen molar-refractivity contribution in [2.75, 3.05) is 20.1 Å². The number of hydrogen-bond donors (Lipinski definition) is 2. The number of carbonyl (C=O) groups is 2. The Balaban J connectivity index is 2.76. The molecule has 1 rings (SSSR count). The third kappa shape index (κ3) is 2.97. The molecule has 98 valence electrons. The van der Waals surface area contributed by atoms with Gasteiger partial charge in [-0.25, -0.2) is 0 Å². The molecular weight excluding hydrogens is 218 g/mol. The van der Waals surface area contributed by atoms with E-state index in [1.165, 1.54) is 0 Å². The summed E-state index contributed by atoms with van der Waals surface area (Å²) in [5.74, 6) is -0.0253. The van der Waals surface area contributed by atoms with Gasteiger partial charge in [-0.2, -0.15) is 0 Å². The number of amides is 2. The fraction of sp³-hybridized carbons (Fsp3) is 0.833. The molecule has 3 N–H and O–H groups in total. The van der Waals surface area contributed by atoms with E-state index in [9.17, 15) is 9.59 Å². The lowest BCUT2D eigenvalue weighted by Gasteiger charge is -2.29. The number of likely N-dealkylation sites (tertiary alicyclic amines) is 1. The summed E-state index contributed by atoms with van der Waals surface area (Å²) in [5, 5.41) is 2.61. The van der Waals surface area contributed by atoms with Gasteiger partial charge in [0.05, 0.1) is 5.92 Å². The third-order valence-corrected chi connectivity index (χ3v) is 3.46. The molecule has 2 amide bonds. The molecule has 5 heteroatoms. The summed E-state index contributed by atoms with van der Waals surface area (Å²) in [5.41, 5.74) is 5.65. The molecule has 0 spiro atoms. The maximum atomic E-state index is 12.3. The van der Waals surface area contributed by atoms with E-state index in [0.29, 0.717) is 13.1 Å². The van der Waals surface area contributed by atoms with Crippen LogP contribution in [0.25, 0.3) is 0 Å². The van der Waals surface area contributed by atoms with Crippen molar-refractivity contribution in [2.45, 2.75) is 32.7 Å². The van der Waals surface area contributed by atoms with Crippen molar-refractivity contribution >= 4 is 11.8 Å². The Morgan fingerprint density at radius 2 is 2.12 bits per heavy atom. The third-order valence-electron chi connectivity index (χ3n) is 3.46. The Hall–Kier alpha value is -1.10. The number of likely N-dealkylation sites (N-methyl/N-ethyl adjacent to an activating group) is 1. The van der Waals surface area contributed by atoms with Crippen LogP contribution in [0.15, 0.2) is 0 Å². The van der Waals surface area contributed by atoms with E-state index in [4.69, 9.17) is 5.73 Å². The molecule has 1 fully saturated rings. The van der Waals surface area contributed by atoms with Crippen LogP contribution in [0, 0.1) is 11.8 Å². The summed E-state index contributed by atoms with van der Waals surface area (Å²) >= 11 is 0. The minimum absolute atomic E-state index is 0.0219. The van der Waals surface area contributed by atoms with Gasteiger partial charge in [0.25, 0.3) is 0 Å². The van der Waals surface area contributed by atoms with E-state index in [2.05, 4.69) is 5.32 Å². The zero-order valence-corrected chi connectivity index (χ0v) is 10.9. The van der Waals surface area contributed by atoms with E-state index in [1.54, 1.807) is 11.9 Å². The highest BCUT2D eigenvalue weighted by Crippen LogP contribution is 2.22. The van der Waals surface area contributed by atoms with Crippen molar-refractivity contribution in [1.29, 1.82) is 0 Å². The van der Waals surface area contributed by atoms with Gasteiger partial charge >= 0.3 is 0 Å². The fourth-order valence-electron chi connectivity index (χ4n) is 2.34. The van der Waals surface area contributed by atoms with Crippen LogP contribution >= 0.6 is 0 Å². The first-order valence-electron chi connectivity index (χ1n) is 6.25. The van der Waals surface area contributed by atoms with Gasteiger partial charge in [0, 0.05) is 20.1 Å². The summed E-state index contributed by atoms with van der Waals surface area (Å²) in [6.07, 6.45) is 1.64. The van der Waals surface area contributed by atoms with Gasteiger partial charge in [-0.3, -0.25) is 9.59 Å². The van der Waals surface area contributed by atoms with E-state index in [-0.39, 0.29) is 29.7 Å². The Kier molecular flexibility index (Phi) is 4.93. The van der Waals surface area contributed by atoms with Gasteiger partial charge < -0.3 is 16.0 Å². The lowest BCUT2D eigenvalue weighted by atomic mass is 9.94. The van der Waals surface area contributed by atoms with Crippen LogP contribution in [-0.2, 0) is 9.59 Å². The number of nitrogens with zero attached hydrogens (tertiary/aromatic N) is 1. The molecular formula is C12H23N3O2. The van der Waals surface area contributed by atoms with Gasteiger partial charge in [-0.05, 0) is 18.8 Å². The first-order valence-corrected chi connectivity index (χ1v) is 6.25. The molecule has 0 aromatic carbocycles. The van der Waals surface area contributed by atoms with Gasteiger partial charge in [0.15, 0.2) is 0 Å². The van der Waals surface area contributed by atoms with Gasteiger partial charge in [-0.1, -0.05) is 13.8 Å². The highest BCUT2D eigenvalue weighted by Gasteiger charge is 2.36. The van der Waals surface area contributed by atoms with Crippen LogP contribution in [0.2, 0.25) is 0 Å². The average Bonchev–Trinajstić information content (AvgIpc) is 2.77. The highest BCUT2D eigenvalue weighted by atomic mass is 16.2. The van der Waals surface area contributed by atoms with E-state index >= 15 is 0 Å². The maximum absolute atomic E-state index is 12.3. The highest BCUT2D eigenvalue weighted by molar-refractivity contribution is 5.89. The molecule has 0 aromatic rings. The van der Waals surface area contributed by atoms with E-state index < -0.39 is 0 Å². The molecule has 0 unspecified atom stereocenters. The van der Waals surface area contributed by atoms with Crippen molar-refractivity contribution < 1.29 is 9.59 Å². The molecule has 0 saturated carbocycles. The molecule has 0 radical (unpaired) electrons. The van der Waals surface area contributed by atoms with E-state index in [1.807, 2.05) is 13.8 Å². The SMILES string of the molecule is CNC(=O)[C@@H]1CCCN1C(=O)[C@@H](CN)C(C)C. The second-order valence-corrected chi connectivity index (χ2v) is 4.89. The second-order valence-electron chi connectivity index (χ2n) is 4.89. The monoisotopic (exact) mass is 241 g/mol. The van der Waals surface area contributed by atoms with Crippen molar-refractivity contribution in [3.05, 3.63) is 0 Å². The van der Waals surface area contributed by atoms with Gasteiger partial charge in [0.2, 0.25) is 11.8 Å². The Labute approximate surface area is 103 Å². The predicted octanol–water partition coefficient (Wildman–Crippen LogP) is -0.0457. The van der Waals surface area contributed by atoms with Crippen molar-refractivity contribution in [3.63, 3.8) is 0 Å².